The molecule has 6 nitrogen and oxygen atoms in total. The van der Waals surface area contributed by atoms with Gasteiger partial charge in [-0.15, -0.1) is 0 Å². The van der Waals surface area contributed by atoms with Crippen LogP contribution in [-0.4, -0.2) is 34.2 Å². The van der Waals surface area contributed by atoms with Gasteiger partial charge in [-0.05, 0) is 42.5 Å². The van der Waals surface area contributed by atoms with Gasteiger partial charge in [0.1, 0.15) is 5.82 Å². The van der Waals surface area contributed by atoms with Gasteiger partial charge in [0.05, 0.1) is 17.5 Å². The van der Waals surface area contributed by atoms with Crippen molar-refractivity contribution in [3.05, 3.63) is 64.9 Å². The van der Waals surface area contributed by atoms with E-state index in [0.29, 0.717) is 22.8 Å². The molecule has 0 saturated carbocycles. The zero-order chi connectivity index (χ0) is 20.2. The van der Waals surface area contributed by atoms with Gasteiger partial charge in [-0.1, -0.05) is 36.7 Å². The lowest BCUT2D eigenvalue weighted by Crippen LogP contribution is -2.33. The lowest BCUT2D eigenvalue weighted by Gasteiger charge is -2.31. The number of aromatic nitrogens is 3. The van der Waals surface area contributed by atoms with Gasteiger partial charge in [0.25, 0.3) is 5.91 Å². The Morgan fingerprint density at radius 3 is 2.62 bits per heavy atom. The number of aromatic amines is 1. The van der Waals surface area contributed by atoms with Crippen molar-refractivity contribution in [2.45, 2.75) is 26.3 Å². The predicted molar refractivity (Wildman–Crippen MR) is 115 cm³/mol. The lowest BCUT2D eigenvalue weighted by atomic mass is 9.99. The Morgan fingerprint density at radius 1 is 1.17 bits per heavy atom. The summed E-state index contributed by atoms with van der Waals surface area (Å²) in [5, 5.41) is 10.5. The molecule has 0 atom stereocenters. The highest BCUT2D eigenvalue weighted by molar-refractivity contribution is 6.30. The molecule has 2 N–H and O–H groups in total. The zero-order valence-corrected chi connectivity index (χ0v) is 17.1. The molecule has 1 saturated heterocycles. The molecule has 3 aromatic rings. The number of nitrogens with one attached hydrogen (secondary N) is 2. The number of rotatable bonds is 5. The maximum absolute atomic E-state index is 12.7. The topological polar surface area (TPSA) is 73.9 Å². The molecule has 0 unspecified atom stereocenters. The number of carbonyl (C=O) groups is 1. The molecule has 0 bridgehead atoms. The fourth-order valence-electron chi connectivity index (χ4n) is 3.52. The standard InChI is InChI=1S/C22H24ClN5O/c1-15-8-10-28(11-9-15)20-7-2-16(12-24-20)13-25-22(29)19-14-26-27-21(19)17-3-5-18(23)6-4-17/h2-7,12,14-15H,8-11,13H2,1H3,(H,25,29)(H,26,27). The first-order valence-electron chi connectivity index (χ1n) is 9.87. The van der Waals surface area contributed by atoms with Crippen LogP contribution < -0.4 is 10.2 Å². The Morgan fingerprint density at radius 2 is 1.93 bits per heavy atom. The summed E-state index contributed by atoms with van der Waals surface area (Å²) < 4.78 is 0. The smallest absolute Gasteiger partial charge is 0.255 e. The summed E-state index contributed by atoms with van der Waals surface area (Å²) in [5.41, 5.74) is 2.99. The Hall–Kier alpha value is -2.86. The molecule has 1 aliphatic rings. The summed E-state index contributed by atoms with van der Waals surface area (Å²) in [4.78, 5) is 19.6. The highest BCUT2D eigenvalue weighted by Crippen LogP contribution is 2.23. The van der Waals surface area contributed by atoms with E-state index in [9.17, 15) is 4.79 Å². The molecule has 2 aromatic heterocycles. The van der Waals surface area contributed by atoms with Crippen LogP contribution in [0.3, 0.4) is 0 Å². The van der Waals surface area contributed by atoms with Crippen molar-refractivity contribution >= 4 is 23.3 Å². The second kappa shape index (κ2) is 8.66. The number of benzene rings is 1. The number of anilines is 1. The SMILES string of the molecule is CC1CCN(c2ccc(CNC(=O)c3cn[nH]c3-c3ccc(Cl)cc3)cn2)CC1. The fraction of sp³-hybridized carbons (Fsp3) is 0.318. The summed E-state index contributed by atoms with van der Waals surface area (Å²) in [7, 11) is 0. The Labute approximate surface area is 175 Å². The molecule has 150 valence electrons. The van der Waals surface area contributed by atoms with Crippen molar-refractivity contribution in [3.63, 3.8) is 0 Å². The van der Waals surface area contributed by atoms with Crippen molar-refractivity contribution in [1.29, 1.82) is 0 Å². The van der Waals surface area contributed by atoms with E-state index in [4.69, 9.17) is 11.6 Å². The van der Waals surface area contributed by atoms with Gasteiger partial charge in [0, 0.05) is 36.4 Å². The van der Waals surface area contributed by atoms with Crippen LogP contribution in [-0.2, 0) is 6.54 Å². The van der Waals surface area contributed by atoms with E-state index in [-0.39, 0.29) is 5.91 Å². The van der Waals surface area contributed by atoms with Crippen molar-refractivity contribution in [2.75, 3.05) is 18.0 Å². The second-order valence-electron chi connectivity index (χ2n) is 7.54. The molecule has 0 spiro atoms. The van der Waals surface area contributed by atoms with Crippen molar-refractivity contribution in [1.82, 2.24) is 20.5 Å². The largest absolute Gasteiger partial charge is 0.357 e. The van der Waals surface area contributed by atoms with Gasteiger partial charge in [-0.2, -0.15) is 5.10 Å². The minimum atomic E-state index is -0.183. The highest BCUT2D eigenvalue weighted by atomic mass is 35.5. The molecule has 1 amide bonds. The van der Waals surface area contributed by atoms with Crippen molar-refractivity contribution in [3.8, 4) is 11.3 Å². The summed E-state index contributed by atoms with van der Waals surface area (Å²) in [6, 6.07) is 11.4. The Kier molecular flexibility index (Phi) is 5.81. The van der Waals surface area contributed by atoms with E-state index in [1.807, 2.05) is 30.5 Å². The lowest BCUT2D eigenvalue weighted by molar-refractivity contribution is 0.0951. The van der Waals surface area contributed by atoms with Gasteiger partial charge in [0.2, 0.25) is 0 Å². The van der Waals surface area contributed by atoms with Crippen molar-refractivity contribution < 1.29 is 4.79 Å². The number of H-pyrrole nitrogens is 1. The number of pyridine rings is 1. The monoisotopic (exact) mass is 409 g/mol. The van der Waals surface area contributed by atoms with Gasteiger partial charge in [0.15, 0.2) is 0 Å². The van der Waals surface area contributed by atoms with Crippen LogP contribution in [0.5, 0.6) is 0 Å². The molecule has 0 aliphatic carbocycles. The highest BCUT2D eigenvalue weighted by Gasteiger charge is 2.17. The molecule has 1 aromatic carbocycles. The third-order valence-electron chi connectivity index (χ3n) is 5.39. The Bertz CT molecular complexity index is 960. The maximum atomic E-state index is 12.7. The summed E-state index contributed by atoms with van der Waals surface area (Å²) in [6.45, 7) is 4.82. The van der Waals surface area contributed by atoms with Crippen molar-refractivity contribution in [2.24, 2.45) is 5.92 Å². The first-order chi connectivity index (χ1) is 14.1. The number of carbonyl (C=O) groups excluding carboxylic acids is 1. The summed E-state index contributed by atoms with van der Waals surface area (Å²) >= 11 is 5.95. The second-order valence-corrected chi connectivity index (χ2v) is 7.98. The number of piperidine rings is 1. The molecule has 0 radical (unpaired) electrons. The van der Waals surface area contributed by atoms with Crippen LogP contribution in [0.2, 0.25) is 5.02 Å². The van der Waals surface area contributed by atoms with E-state index in [1.165, 1.54) is 19.0 Å². The molecular weight excluding hydrogens is 386 g/mol. The first kappa shape index (κ1) is 19.5. The van der Waals surface area contributed by atoms with Crippen LogP contribution >= 0.6 is 11.6 Å². The number of hydrogen-bond donors (Lipinski definition) is 2. The minimum absolute atomic E-state index is 0.183. The average molecular weight is 410 g/mol. The first-order valence-corrected chi connectivity index (χ1v) is 10.3. The normalized spacial score (nSPS) is 14.8. The molecule has 1 fully saturated rings. The van der Waals surface area contributed by atoms with Crippen LogP contribution in [0.15, 0.2) is 48.8 Å². The fourth-order valence-corrected chi connectivity index (χ4v) is 3.64. The zero-order valence-electron chi connectivity index (χ0n) is 16.4. The summed E-state index contributed by atoms with van der Waals surface area (Å²) in [6.07, 6.45) is 5.79. The molecule has 1 aliphatic heterocycles. The third kappa shape index (κ3) is 4.59. The average Bonchev–Trinajstić information content (AvgIpc) is 3.23. The molecule has 4 rings (SSSR count). The van der Waals surface area contributed by atoms with Gasteiger partial charge >= 0.3 is 0 Å². The van der Waals surface area contributed by atoms with E-state index in [2.05, 4.69) is 32.3 Å². The van der Waals surface area contributed by atoms with E-state index in [1.54, 1.807) is 12.1 Å². The van der Waals surface area contributed by atoms with Crippen LogP contribution in [0, 0.1) is 5.92 Å². The molecule has 29 heavy (non-hydrogen) atoms. The summed E-state index contributed by atoms with van der Waals surface area (Å²) in [5.74, 6) is 1.62. The van der Waals surface area contributed by atoms with Crippen LogP contribution in [0.25, 0.3) is 11.3 Å². The van der Waals surface area contributed by atoms with Gasteiger partial charge < -0.3 is 10.2 Å². The van der Waals surface area contributed by atoms with E-state index in [0.717, 1.165) is 36.0 Å². The van der Waals surface area contributed by atoms with Crippen LogP contribution in [0.4, 0.5) is 5.82 Å². The molecular formula is C22H24ClN5O. The number of hydrogen-bond acceptors (Lipinski definition) is 4. The number of nitrogens with zero attached hydrogens (tertiary/aromatic N) is 3. The minimum Gasteiger partial charge on any atom is -0.357 e. The maximum Gasteiger partial charge on any atom is 0.255 e. The molecule has 3 heterocycles. The van der Waals surface area contributed by atoms with Crippen LogP contribution in [0.1, 0.15) is 35.7 Å². The van der Waals surface area contributed by atoms with E-state index < -0.39 is 0 Å². The van der Waals surface area contributed by atoms with Gasteiger partial charge in [-0.3, -0.25) is 9.89 Å². The quantitative estimate of drug-likeness (QED) is 0.659. The van der Waals surface area contributed by atoms with E-state index >= 15 is 0 Å². The van der Waals surface area contributed by atoms with Gasteiger partial charge in [-0.25, -0.2) is 4.98 Å². The number of amides is 1. The third-order valence-corrected chi connectivity index (χ3v) is 5.64. The Balaban J connectivity index is 1.38. The molecule has 7 heteroatoms. The predicted octanol–water partition coefficient (Wildman–Crippen LogP) is 4.29. The number of halogens is 1.